The zero-order chi connectivity index (χ0) is 15.4. The summed E-state index contributed by atoms with van der Waals surface area (Å²) in [5, 5.41) is 4.36. The molecule has 5 nitrogen and oxygen atoms in total. The van der Waals surface area contributed by atoms with Gasteiger partial charge in [0.05, 0.1) is 5.69 Å². The van der Waals surface area contributed by atoms with Crippen molar-refractivity contribution in [2.45, 2.75) is 39.2 Å². The number of rotatable bonds is 5. The maximum absolute atomic E-state index is 11.8. The van der Waals surface area contributed by atoms with E-state index >= 15 is 0 Å². The number of piperidine rings is 1. The fourth-order valence-electron chi connectivity index (χ4n) is 3.61. The number of hydrogen-bond donors (Lipinski definition) is 0. The first-order valence-corrected chi connectivity index (χ1v) is 8.70. The van der Waals surface area contributed by atoms with Gasteiger partial charge in [-0.25, -0.2) is 4.68 Å². The summed E-state index contributed by atoms with van der Waals surface area (Å²) in [5.74, 6) is 0.593. The average molecular weight is 304 g/mol. The average Bonchev–Trinajstić information content (AvgIpc) is 3.04. The minimum absolute atomic E-state index is 0.0297. The summed E-state index contributed by atoms with van der Waals surface area (Å²) in [6.07, 6.45) is 5.12. The molecule has 3 heterocycles. The predicted molar refractivity (Wildman–Crippen MR) is 88.1 cm³/mol. The highest BCUT2D eigenvalue weighted by atomic mass is 16.1. The van der Waals surface area contributed by atoms with Crippen molar-refractivity contribution in [3.05, 3.63) is 28.2 Å². The third-order valence-corrected chi connectivity index (χ3v) is 5.07. The van der Waals surface area contributed by atoms with Crippen molar-refractivity contribution in [2.24, 2.45) is 5.92 Å². The molecule has 0 bridgehead atoms. The summed E-state index contributed by atoms with van der Waals surface area (Å²) in [5.41, 5.74) is 0.949. The number of nitrogens with zero attached hydrogens (tertiary/aromatic N) is 4. The van der Waals surface area contributed by atoms with Crippen LogP contribution in [0.5, 0.6) is 0 Å². The number of likely N-dealkylation sites (tertiary alicyclic amines) is 2. The van der Waals surface area contributed by atoms with Crippen LogP contribution >= 0.6 is 0 Å². The van der Waals surface area contributed by atoms with Crippen LogP contribution in [0.25, 0.3) is 0 Å². The molecule has 2 fully saturated rings. The molecule has 5 heteroatoms. The normalized spacial score (nSPS) is 21.5. The molecule has 0 unspecified atom stereocenters. The highest BCUT2D eigenvalue weighted by Crippen LogP contribution is 2.18. The van der Waals surface area contributed by atoms with Crippen molar-refractivity contribution in [2.75, 3.05) is 39.3 Å². The zero-order valence-corrected chi connectivity index (χ0v) is 13.7. The van der Waals surface area contributed by atoms with Crippen molar-refractivity contribution >= 4 is 0 Å². The molecule has 0 saturated carbocycles. The summed E-state index contributed by atoms with van der Waals surface area (Å²) in [6.45, 7) is 10.1. The van der Waals surface area contributed by atoms with Crippen molar-refractivity contribution in [3.8, 4) is 0 Å². The van der Waals surface area contributed by atoms with Crippen LogP contribution in [-0.2, 0) is 6.54 Å². The molecular formula is C17H28N4O. The van der Waals surface area contributed by atoms with E-state index in [1.807, 2.05) is 6.92 Å². The van der Waals surface area contributed by atoms with E-state index in [0.717, 1.165) is 12.2 Å². The summed E-state index contributed by atoms with van der Waals surface area (Å²) < 4.78 is 1.65. The van der Waals surface area contributed by atoms with Crippen LogP contribution in [0.2, 0.25) is 0 Å². The van der Waals surface area contributed by atoms with Gasteiger partial charge in [0.2, 0.25) is 0 Å². The van der Waals surface area contributed by atoms with Crippen LogP contribution in [-0.4, -0.2) is 58.8 Å². The Morgan fingerprint density at radius 3 is 2.36 bits per heavy atom. The lowest BCUT2D eigenvalue weighted by Gasteiger charge is -2.33. The van der Waals surface area contributed by atoms with Crippen LogP contribution in [0.3, 0.4) is 0 Å². The Bertz CT molecular complexity index is 528. The standard InChI is InChI=1S/C17H28N4O/c1-15-4-5-17(22)21(18-15)14-16-6-10-20(11-7-16)13-12-19-8-2-3-9-19/h4-5,16H,2-3,6-14H2,1H3. The Balaban J connectivity index is 1.43. The van der Waals surface area contributed by atoms with E-state index < -0.39 is 0 Å². The van der Waals surface area contributed by atoms with Crippen molar-refractivity contribution in [1.82, 2.24) is 19.6 Å². The molecule has 22 heavy (non-hydrogen) atoms. The van der Waals surface area contributed by atoms with Gasteiger partial charge in [-0.3, -0.25) is 4.79 Å². The summed E-state index contributed by atoms with van der Waals surface area (Å²) in [6, 6.07) is 3.42. The van der Waals surface area contributed by atoms with Crippen LogP contribution in [0.4, 0.5) is 0 Å². The second-order valence-corrected chi connectivity index (χ2v) is 6.83. The first kappa shape index (κ1) is 15.7. The molecule has 0 aliphatic carbocycles. The first-order chi connectivity index (χ1) is 10.7. The van der Waals surface area contributed by atoms with Gasteiger partial charge in [-0.05, 0) is 70.8 Å². The molecule has 1 aromatic rings. The number of hydrogen-bond acceptors (Lipinski definition) is 4. The highest BCUT2D eigenvalue weighted by molar-refractivity contribution is 4.97. The SMILES string of the molecule is Cc1ccc(=O)n(CC2CCN(CCN3CCCC3)CC2)n1. The van der Waals surface area contributed by atoms with Gasteiger partial charge in [0, 0.05) is 25.7 Å². The van der Waals surface area contributed by atoms with Gasteiger partial charge in [-0.1, -0.05) is 0 Å². The number of aromatic nitrogens is 2. The van der Waals surface area contributed by atoms with E-state index in [1.165, 1.54) is 65.0 Å². The van der Waals surface area contributed by atoms with E-state index in [2.05, 4.69) is 14.9 Å². The Morgan fingerprint density at radius 1 is 1.05 bits per heavy atom. The molecule has 2 saturated heterocycles. The van der Waals surface area contributed by atoms with E-state index in [9.17, 15) is 4.79 Å². The third-order valence-electron chi connectivity index (χ3n) is 5.07. The maximum Gasteiger partial charge on any atom is 0.266 e. The minimum Gasteiger partial charge on any atom is -0.302 e. The molecule has 0 N–H and O–H groups in total. The van der Waals surface area contributed by atoms with Gasteiger partial charge < -0.3 is 9.80 Å². The smallest absolute Gasteiger partial charge is 0.266 e. The zero-order valence-electron chi connectivity index (χ0n) is 13.7. The Labute approximate surface area is 132 Å². The topological polar surface area (TPSA) is 41.4 Å². The van der Waals surface area contributed by atoms with E-state index in [0.29, 0.717) is 5.92 Å². The lowest BCUT2D eigenvalue weighted by Crippen LogP contribution is -2.40. The molecule has 1 aromatic heterocycles. The monoisotopic (exact) mass is 304 g/mol. The fraction of sp³-hybridized carbons (Fsp3) is 0.765. The third kappa shape index (κ3) is 4.17. The van der Waals surface area contributed by atoms with Crippen LogP contribution < -0.4 is 5.56 Å². The molecular weight excluding hydrogens is 276 g/mol. The molecule has 0 radical (unpaired) electrons. The lowest BCUT2D eigenvalue weighted by atomic mass is 9.97. The van der Waals surface area contributed by atoms with Crippen molar-refractivity contribution in [3.63, 3.8) is 0 Å². The van der Waals surface area contributed by atoms with Gasteiger partial charge in [-0.15, -0.1) is 0 Å². The second-order valence-electron chi connectivity index (χ2n) is 6.83. The molecule has 0 spiro atoms. The molecule has 0 atom stereocenters. The molecule has 0 aromatic carbocycles. The molecule has 122 valence electrons. The number of aryl methyl sites for hydroxylation is 1. The van der Waals surface area contributed by atoms with E-state index in [1.54, 1.807) is 16.8 Å². The maximum atomic E-state index is 11.8. The van der Waals surface area contributed by atoms with Crippen molar-refractivity contribution < 1.29 is 0 Å². The lowest BCUT2D eigenvalue weighted by molar-refractivity contribution is 0.153. The molecule has 3 rings (SSSR count). The summed E-state index contributed by atoms with van der Waals surface area (Å²) in [7, 11) is 0. The predicted octanol–water partition coefficient (Wildman–Crippen LogP) is 1.36. The first-order valence-electron chi connectivity index (χ1n) is 8.70. The van der Waals surface area contributed by atoms with Crippen LogP contribution in [0, 0.1) is 12.8 Å². The van der Waals surface area contributed by atoms with Gasteiger partial charge in [0.15, 0.2) is 0 Å². The van der Waals surface area contributed by atoms with E-state index in [4.69, 9.17) is 0 Å². The molecule has 2 aliphatic rings. The fourth-order valence-corrected chi connectivity index (χ4v) is 3.61. The van der Waals surface area contributed by atoms with Gasteiger partial charge in [0.25, 0.3) is 5.56 Å². The Morgan fingerprint density at radius 2 is 1.68 bits per heavy atom. The summed E-state index contributed by atoms with van der Waals surface area (Å²) in [4.78, 5) is 17.0. The van der Waals surface area contributed by atoms with Crippen LogP contribution in [0.15, 0.2) is 16.9 Å². The summed E-state index contributed by atoms with van der Waals surface area (Å²) >= 11 is 0. The van der Waals surface area contributed by atoms with Crippen molar-refractivity contribution in [1.29, 1.82) is 0 Å². The molecule has 2 aliphatic heterocycles. The van der Waals surface area contributed by atoms with Gasteiger partial charge >= 0.3 is 0 Å². The largest absolute Gasteiger partial charge is 0.302 e. The van der Waals surface area contributed by atoms with Crippen LogP contribution in [0.1, 0.15) is 31.4 Å². The quantitative estimate of drug-likeness (QED) is 0.824. The Hall–Kier alpha value is -1.20. The van der Waals surface area contributed by atoms with E-state index in [-0.39, 0.29) is 5.56 Å². The second kappa shape index (κ2) is 7.38. The van der Waals surface area contributed by atoms with Gasteiger partial charge in [-0.2, -0.15) is 5.10 Å². The minimum atomic E-state index is 0.0297. The Kier molecular flexibility index (Phi) is 5.26. The molecule has 0 amide bonds. The highest BCUT2D eigenvalue weighted by Gasteiger charge is 2.21. The van der Waals surface area contributed by atoms with Gasteiger partial charge in [0.1, 0.15) is 0 Å².